The molecule has 0 aromatic heterocycles. The first-order chi connectivity index (χ1) is 11.2. The van der Waals surface area contributed by atoms with Crippen LogP contribution in [0.5, 0.6) is 0 Å². The van der Waals surface area contributed by atoms with Gasteiger partial charge in [-0.15, -0.1) is 0 Å². The van der Waals surface area contributed by atoms with Gasteiger partial charge in [0.1, 0.15) is 5.60 Å². The molecule has 0 unspecified atom stereocenters. The zero-order chi connectivity index (χ0) is 17.8. The van der Waals surface area contributed by atoms with Gasteiger partial charge in [0, 0.05) is 19.3 Å². The lowest BCUT2D eigenvalue weighted by Crippen LogP contribution is -2.43. The number of carbonyl (C=O) groups excluding carboxylic acids is 1. The molecule has 0 atom stereocenters. The van der Waals surface area contributed by atoms with Gasteiger partial charge in [-0.2, -0.15) is 0 Å². The van der Waals surface area contributed by atoms with Crippen molar-refractivity contribution in [3.05, 3.63) is 29.8 Å². The minimum atomic E-state index is -0.560. The number of benzene rings is 1. The summed E-state index contributed by atoms with van der Waals surface area (Å²) in [6, 6.07) is 7.43. The fraction of sp³-hybridized carbons (Fsp3) is 0.632. The molecular weight excluding hydrogens is 304 g/mol. The molecule has 0 saturated carbocycles. The van der Waals surface area contributed by atoms with Crippen LogP contribution in [0.3, 0.4) is 0 Å². The van der Waals surface area contributed by atoms with Gasteiger partial charge in [0.2, 0.25) is 0 Å². The number of hydrogen-bond acceptors (Lipinski definition) is 5. The highest BCUT2D eigenvalue weighted by atomic mass is 16.6. The van der Waals surface area contributed by atoms with Crippen LogP contribution in [0.25, 0.3) is 0 Å². The van der Waals surface area contributed by atoms with Crippen LogP contribution in [-0.4, -0.2) is 49.0 Å². The topological polar surface area (TPSA) is 61.8 Å². The Morgan fingerprint density at radius 3 is 2.38 bits per heavy atom. The average molecular weight is 334 g/mol. The van der Waals surface area contributed by atoms with Crippen LogP contribution < -0.4 is 10.2 Å². The Labute approximate surface area is 145 Å². The molecule has 1 aromatic carbocycles. The average Bonchev–Trinajstić information content (AvgIpc) is 2.52. The second kappa shape index (κ2) is 7.53. The second-order valence-corrected chi connectivity index (χ2v) is 7.69. The number of hydrogen-bond donors (Lipinski definition) is 2. The largest absolute Gasteiger partial charge is 0.456 e. The maximum absolute atomic E-state index is 12.0. The molecule has 0 amide bonds. The molecule has 134 valence electrons. The number of piperidine rings is 1. The summed E-state index contributed by atoms with van der Waals surface area (Å²) >= 11 is 0. The van der Waals surface area contributed by atoms with Crippen LogP contribution in [0.2, 0.25) is 0 Å². The smallest absolute Gasteiger partial charge is 0.338 e. The molecule has 1 aliphatic heterocycles. The van der Waals surface area contributed by atoms with E-state index in [-0.39, 0.29) is 5.97 Å². The van der Waals surface area contributed by atoms with E-state index >= 15 is 0 Å². The molecule has 0 aliphatic carbocycles. The molecule has 5 nitrogen and oxygen atoms in total. The number of esters is 1. The molecule has 1 fully saturated rings. The van der Waals surface area contributed by atoms with Gasteiger partial charge in [-0.3, -0.25) is 0 Å². The molecule has 2 N–H and O–H groups in total. The van der Waals surface area contributed by atoms with Gasteiger partial charge in [-0.25, -0.2) is 4.79 Å². The number of nitrogens with one attached hydrogen (secondary N) is 1. The zero-order valence-electron chi connectivity index (χ0n) is 15.3. The SMILES string of the molecule is CN(CCC1(O)CCNCC1)c1ccc(C(=O)OC(C)(C)C)cc1. The summed E-state index contributed by atoms with van der Waals surface area (Å²) in [4.78, 5) is 14.2. The molecule has 2 rings (SSSR count). The third-order valence-electron chi connectivity index (χ3n) is 4.39. The molecule has 0 radical (unpaired) electrons. The van der Waals surface area contributed by atoms with Gasteiger partial charge >= 0.3 is 5.97 Å². The van der Waals surface area contributed by atoms with E-state index in [0.717, 1.165) is 44.6 Å². The van der Waals surface area contributed by atoms with Crippen LogP contribution in [0.15, 0.2) is 24.3 Å². The van der Waals surface area contributed by atoms with Gasteiger partial charge in [-0.05, 0) is 77.4 Å². The summed E-state index contributed by atoms with van der Waals surface area (Å²) in [5.74, 6) is -0.305. The Balaban J connectivity index is 1.91. The fourth-order valence-electron chi connectivity index (χ4n) is 2.84. The standard InChI is InChI=1S/C19H30N2O3/c1-18(2,3)24-17(22)15-5-7-16(8-6-15)21(4)14-11-19(23)9-12-20-13-10-19/h5-8,20,23H,9-14H2,1-4H3. The highest BCUT2D eigenvalue weighted by molar-refractivity contribution is 5.90. The Hall–Kier alpha value is -1.59. The Bertz CT molecular complexity index is 543. The Morgan fingerprint density at radius 1 is 1.25 bits per heavy atom. The van der Waals surface area contributed by atoms with Crippen LogP contribution >= 0.6 is 0 Å². The van der Waals surface area contributed by atoms with Crippen molar-refractivity contribution < 1.29 is 14.6 Å². The van der Waals surface area contributed by atoms with E-state index in [2.05, 4.69) is 10.2 Å². The van der Waals surface area contributed by atoms with Crippen molar-refractivity contribution in [2.45, 2.75) is 51.2 Å². The summed E-state index contributed by atoms with van der Waals surface area (Å²) < 4.78 is 5.37. The van der Waals surface area contributed by atoms with Crippen molar-refractivity contribution in [3.8, 4) is 0 Å². The zero-order valence-corrected chi connectivity index (χ0v) is 15.3. The van der Waals surface area contributed by atoms with Crippen molar-refractivity contribution in [3.63, 3.8) is 0 Å². The second-order valence-electron chi connectivity index (χ2n) is 7.69. The predicted molar refractivity (Wildman–Crippen MR) is 96.6 cm³/mol. The number of anilines is 1. The van der Waals surface area contributed by atoms with Gasteiger partial charge in [-0.1, -0.05) is 0 Å². The van der Waals surface area contributed by atoms with E-state index in [9.17, 15) is 9.90 Å². The predicted octanol–water partition coefficient (Wildman–Crippen LogP) is 2.58. The van der Waals surface area contributed by atoms with E-state index < -0.39 is 11.2 Å². The minimum absolute atomic E-state index is 0.305. The van der Waals surface area contributed by atoms with Crippen LogP contribution in [0, 0.1) is 0 Å². The third kappa shape index (κ3) is 5.49. The Morgan fingerprint density at radius 2 is 1.83 bits per heavy atom. The van der Waals surface area contributed by atoms with E-state index in [4.69, 9.17) is 4.74 Å². The first-order valence-corrected chi connectivity index (χ1v) is 8.66. The van der Waals surface area contributed by atoms with Crippen LogP contribution in [0.1, 0.15) is 50.4 Å². The molecule has 0 spiro atoms. The quantitative estimate of drug-likeness (QED) is 0.811. The van der Waals surface area contributed by atoms with E-state index in [1.165, 1.54) is 0 Å². The molecule has 0 bridgehead atoms. The normalized spacial score (nSPS) is 17.4. The third-order valence-corrected chi connectivity index (χ3v) is 4.39. The van der Waals surface area contributed by atoms with Crippen molar-refractivity contribution in [2.75, 3.05) is 31.6 Å². The van der Waals surface area contributed by atoms with E-state index in [1.807, 2.05) is 40.0 Å². The van der Waals surface area contributed by atoms with E-state index in [0.29, 0.717) is 5.56 Å². The Kier molecular flexibility index (Phi) is 5.88. The summed E-state index contributed by atoms with van der Waals surface area (Å²) in [5, 5.41) is 13.8. The first-order valence-electron chi connectivity index (χ1n) is 8.66. The lowest BCUT2D eigenvalue weighted by molar-refractivity contribution is 0.00444. The highest BCUT2D eigenvalue weighted by Crippen LogP contribution is 2.24. The first kappa shape index (κ1) is 18.7. The number of ether oxygens (including phenoxy) is 1. The summed E-state index contributed by atoms with van der Waals surface area (Å²) in [5.41, 5.74) is 0.534. The number of nitrogens with zero attached hydrogens (tertiary/aromatic N) is 1. The molecule has 1 saturated heterocycles. The molecule has 1 aliphatic rings. The fourth-order valence-corrected chi connectivity index (χ4v) is 2.84. The molecule has 1 heterocycles. The van der Waals surface area contributed by atoms with Crippen molar-refractivity contribution in [1.29, 1.82) is 0 Å². The van der Waals surface area contributed by atoms with Gasteiger partial charge in [0.15, 0.2) is 0 Å². The van der Waals surface area contributed by atoms with Gasteiger partial charge in [0.05, 0.1) is 11.2 Å². The van der Waals surface area contributed by atoms with Crippen molar-refractivity contribution in [1.82, 2.24) is 5.32 Å². The summed E-state index contributed by atoms with van der Waals surface area (Å²) in [6.45, 7) is 8.12. The van der Waals surface area contributed by atoms with Gasteiger partial charge in [0.25, 0.3) is 0 Å². The minimum Gasteiger partial charge on any atom is -0.456 e. The molecule has 1 aromatic rings. The molecular formula is C19H30N2O3. The maximum atomic E-state index is 12.0. The number of rotatable bonds is 5. The molecule has 24 heavy (non-hydrogen) atoms. The summed E-state index contributed by atoms with van der Waals surface area (Å²) in [6.07, 6.45) is 2.36. The number of carbonyl (C=O) groups is 1. The monoisotopic (exact) mass is 334 g/mol. The van der Waals surface area contributed by atoms with Crippen LogP contribution in [-0.2, 0) is 4.74 Å². The lowest BCUT2D eigenvalue weighted by Gasteiger charge is -2.34. The lowest BCUT2D eigenvalue weighted by atomic mass is 9.89. The van der Waals surface area contributed by atoms with Crippen molar-refractivity contribution in [2.24, 2.45) is 0 Å². The van der Waals surface area contributed by atoms with Crippen LogP contribution in [0.4, 0.5) is 5.69 Å². The number of aliphatic hydroxyl groups is 1. The van der Waals surface area contributed by atoms with Crippen molar-refractivity contribution >= 4 is 11.7 Å². The maximum Gasteiger partial charge on any atom is 0.338 e. The molecule has 5 heteroatoms. The highest BCUT2D eigenvalue weighted by Gasteiger charge is 2.29. The van der Waals surface area contributed by atoms with E-state index in [1.54, 1.807) is 12.1 Å². The van der Waals surface area contributed by atoms with Gasteiger partial charge < -0.3 is 20.1 Å². The summed E-state index contributed by atoms with van der Waals surface area (Å²) in [7, 11) is 2.01.